The van der Waals surface area contributed by atoms with Gasteiger partial charge in [0.15, 0.2) is 0 Å². The highest BCUT2D eigenvalue weighted by Gasteiger charge is 2.12. The van der Waals surface area contributed by atoms with Gasteiger partial charge >= 0.3 is 5.97 Å². The van der Waals surface area contributed by atoms with E-state index in [1.807, 2.05) is 0 Å². The van der Waals surface area contributed by atoms with E-state index in [-0.39, 0.29) is 12.3 Å². The molecule has 78 valence electrons. The lowest BCUT2D eigenvalue weighted by atomic mass is 10.2. The van der Waals surface area contributed by atoms with Crippen LogP contribution in [0.4, 0.5) is 5.69 Å². The summed E-state index contributed by atoms with van der Waals surface area (Å²) in [6.45, 7) is 3.10. The number of benzene rings is 1. The predicted molar refractivity (Wildman–Crippen MR) is 53.1 cm³/mol. The van der Waals surface area contributed by atoms with Gasteiger partial charge in [-0.3, -0.25) is 10.1 Å². The molecule has 5 nitrogen and oxygen atoms in total. The number of hydrogen-bond donors (Lipinski definition) is 0. The van der Waals surface area contributed by atoms with Gasteiger partial charge in [0, 0.05) is 12.1 Å². The third-order valence-corrected chi connectivity index (χ3v) is 1.72. The number of nitro groups is 1. The first kappa shape index (κ1) is 10.9. The molecule has 0 spiro atoms. The molecule has 0 amide bonds. The summed E-state index contributed by atoms with van der Waals surface area (Å²) in [7, 11) is 0. The Hall–Kier alpha value is -2.17. The maximum absolute atomic E-state index is 10.8. The molecule has 0 unspecified atom stereocenters. The molecule has 0 atom stereocenters. The molecule has 0 heterocycles. The first-order valence-electron chi connectivity index (χ1n) is 4.16. The van der Waals surface area contributed by atoms with Crippen LogP contribution in [0, 0.1) is 10.1 Å². The Morgan fingerprint density at radius 2 is 2.20 bits per heavy atom. The Morgan fingerprint density at radius 1 is 1.53 bits per heavy atom. The summed E-state index contributed by atoms with van der Waals surface area (Å²) in [5.41, 5.74) is 0.298. The SMILES string of the molecule is C=CC(=O)OCc1ccccc1[N+](=O)[O-]. The molecule has 0 radical (unpaired) electrons. The molecule has 0 saturated heterocycles. The van der Waals surface area contributed by atoms with Gasteiger partial charge in [0.25, 0.3) is 5.69 Å². The fourth-order valence-electron chi connectivity index (χ4n) is 1.02. The zero-order valence-electron chi connectivity index (χ0n) is 7.88. The molecule has 15 heavy (non-hydrogen) atoms. The van der Waals surface area contributed by atoms with E-state index in [2.05, 4.69) is 6.58 Å². The summed E-state index contributed by atoms with van der Waals surface area (Å²) in [6.07, 6.45) is 1.01. The highest BCUT2D eigenvalue weighted by Crippen LogP contribution is 2.18. The largest absolute Gasteiger partial charge is 0.457 e. The van der Waals surface area contributed by atoms with Crippen molar-refractivity contribution < 1.29 is 14.5 Å². The van der Waals surface area contributed by atoms with Crippen LogP contribution in [0.15, 0.2) is 36.9 Å². The summed E-state index contributed by atoms with van der Waals surface area (Å²) in [5.74, 6) is -0.604. The topological polar surface area (TPSA) is 69.4 Å². The monoisotopic (exact) mass is 207 g/mol. The number of carbonyl (C=O) groups excluding carboxylic acids is 1. The van der Waals surface area contributed by atoms with Crippen molar-refractivity contribution in [3.05, 3.63) is 52.6 Å². The number of ether oxygens (including phenoxy) is 1. The van der Waals surface area contributed by atoms with Gasteiger partial charge in [0.2, 0.25) is 0 Å². The van der Waals surface area contributed by atoms with Gasteiger partial charge in [-0.05, 0) is 6.07 Å². The van der Waals surface area contributed by atoms with Crippen molar-refractivity contribution in [3.8, 4) is 0 Å². The van der Waals surface area contributed by atoms with E-state index in [4.69, 9.17) is 4.74 Å². The summed E-state index contributed by atoms with van der Waals surface area (Å²) >= 11 is 0. The van der Waals surface area contributed by atoms with Gasteiger partial charge in [0.1, 0.15) is 6.61 Å². The van der Waals surface area contributed by atoms with Crippen LogP contribution in [0.5, 0.6) is 0 Å². The Kier molecular flexibility index (Phi) is 3.56. The fourth-order valence-corrected chi connectivity index (χ4v) is 1.02. The van der Waals surface area contributed by atoms with Crippen molar-refractivity contribution >= 4 is 11.7 Å². The molecule has 0 aliphatic rings. The number of hydrogen-bond acceptors (Lipinski definition) is 4. The van der Waals surface area contributed by atoms with Crippen LogP contribution in [0.1, 0.15) is 5.56 Å². The number of rotatable bonds is 4. The van der Waals surface area contributed by atoms with Crippen LogP contribution in [0.3, 0.4) is 0 Å². The molecule has 0 N–H and O–H groups in total. The molecule has 0 aromatic heterocycles. The first-order valence-corrected chi connectivity index (χ1v) is 4.16. The molecule has 0 saturated carbocycles. The maximum atomic E-state index is 10.8. The smallest absolute Gasteiger partial charge is 0.330 e. The van der Waals surface area contributed by atoms with Crippen LogP contribution in [0.25, 0.3) is 0 Å². The van der Waals surface area contributed by atoms with Crippen molar-refractivity contribution in [1.82, 2.24) is 0 Å². The third-order valence-electron chi connectivity index (χ3n) is 1.72. The lowest BCUT2D eigenvalue weighted by molar-refractivity contribution is -0.385. The lowest BCUT2D eigenvalue weighted by Gasteiger charge is -2.02. The second-order valence-corrected chi connectivity index (χ2v) is 2.70. The Morgan fingerprint density at radius 3 is 2.80 bits per heavy atom. The Balaban J connectivity index is 2.80. The quantitative estimate of drug-likeness (QED) is 0.327. The molecular formula is C10H9NO4. The predicted octanol–water partition coefficient (Wildman–Crippen LogP) is 1.82. The van der Waals surface area contributed by atoms with E-state index in [1.165, 1.54) is 12.1 Å². The minimum Gasteiger partial charge on any atom is -0.457 e. The normalized spacial score (nSPS) is 9.33. The molecule has 1 aromatic rings. The Bertz CT molecular complexity index is 400. The molecule has 5 heteroatoms. The van der Waals surface area contributed by atoms with Crippen LogP contribution in [-0.2, 0) is 16.1 Å². The zero-order chi connectivity index (χ0) is 11.3. The van der Waals surface area contributed by atoms with E-state index in [0.29, 0.717) is 5.56 Å². The maximum Gasteiger partial charge on any atom is 0.330 e. The van der Waals surface area contributed by atoms with Crippen LogP contribution < -0.4 is 0 Å². The standard InChI is InChI=1S/C10H9NO4/c1-2-10(12)15-7-8-5-3-4-6-9(8)11(13)14/h2-6H,1,7H2. The van der Waals surface area contributed by atoms with Crippen molar-refractivity contribution in [2.45, 2.75) is 6.61 Å². The molecule has 0 aliphatic heterocycles. The minimum absolute atomic E-state index is 0.0608. The molecule has 1 rings (SSSR count). The molecule has 1 aromatic carbocycles. The second-order valence-electron chi connectivity index (χ2n) is 2.70. The zero-order valence-corrected chi connectivity index (χ0v) is 7.88. The van der Waals surface area contributed by atoms with Crippen molar-refractivity contribution in [3.63, 3.8) is 0 Å². The number of carbonyl (C=O) groups is 1. The van der Waals surface area contributed by atoms with E-state index in [1.54, 1.807) is 12.1 Å². The highest BCUT2D eigenvalue weighted by atomic mass is 16.6. The van der Waals surface area contributed by atoms with E-state index < -0.39 is 10.9 Å². The number of nitrogens with zero attached hydrogens (tertiary/aromatic N) is 1. The summed E-state index contributed by atoms with van der Waals surface area (Å²) in [6, 6.07) is 6.09. The summed E-state index contributed by atoms with van der Waals surface area (Å²) in [4.78, 5) is 20.8. The highest BCUT2D eigenvalue weighted by molar-refractivity contribution is 5.81. The van der Waals surface area contributed by atoms with Gasteiger partial charge in [0.05, 0.1) is 10.5 Å². The number of nitro benzene ring substituents is 1. The van der Waals surface area contributed by atoms with Gasteiger partial charge in [-0.25, -0.2) is 4.79 Å². The minimum atomic E-state index is -0.604. The van der Waals surface area contributed by atoms with Gasteiger partial charge in [-0.15, -0.1) is 0 Å². The van der Waals surface area contributed by atoms with Crippen molar-refractivity contribution in [1.29, 1.82) is 0 Å². The number of para-hydroxylation sites is 1. The van der Waals surface area contributed by atoms with Gasteiger partial charge < -0.3 is 4.74 Å². The van der Waals surface area contributed by atoms with Crippen LogP contribution in [0.2, 0.25) is 0 Å². The Labute approximate surface area is 86.1 Å². The summed E-state index contributed by atoms with van der Waals surface area (Å²) in [5, 5.41) is 10.6. The van der Waals surface area contributed by atoms with Crippen molar-refractivity contribution in [2.24, 2.45) is 0 Å². The third kappa shape index (κ3) is 2.91. The summed E-state index contributed by atoms with van der Waals surface area (Å²) < 4.78 is 4.71. The second kappa shape index (κ2) is 4.90. The average molecular weight is 207 g/mol. The first-order chi connectivity index (χ1) is 7.15. The molecular weight excluding hydrogens is 198 g/mol. The molecule has 0 aliphatic carbocycles. The van der Waals surface area contributed by atoms with E-state index in [0.717, 1.165) is 6.08 Å². The molecule has 0 fully saturated rings. The molecule has 0 bridgehead atoms. The van der Waals surface area contributed by atoms with Crippen molar-refractivity contribution in [2.75, 3.05) is 0 Å². The van der Waals surface area contributed by atoms with E-state index in [9.17, 15) is 14.9 Å². The van der Waals surface area contributed by atoms with Crippen LogP contribution in [-0.4, -0.2) is 10.9 Å². The van der Waals surface area contributed by atoms with Crippen LogP contribution >= 0.6 is 0 Å². The lowest BCUT2D eigenvalue weighted by Crippen LogP contribution is -2.02. The average Bonchev–Trinajstić information content (AvgIpc) is 2.26. The van der Waals surface area contributed by atoms with Gasteiger partial charge in [-0.1, -0.05) is 18.7 Å². The van der Waals surface area contributed by atoms with Gasteiger partial charge in [-0.2, -0.15) is 0 Å². The van der Waals surface area contributed by atoms with E-state index >= 15 is 0 Å². The fraction of sp³-hybridized carbons (Fsp3) is 0.100. The number of esters is 1.